The number of hydrogen-bond donors (Lipinski definition) is 2. The molecule has 0 spiro atoms. The number of rotatable bonds is 3. The van der Waals surface area contributed by atoms with Crippen LogP contribution in [0.3, 0.4) is 0 Å². The monoisotopic (exact) mass is 188 g/mol. The summed E-state index contributed by atoms with van der Waals surface area (Å²) in [6, 6.07) is 1.83. The van der Waals surface area contributed by atoms with Gasteiger partial charge in [0.2, 0.25) is 0 Å². The topological polar surface area (TPSA) is 66.1 Å². The molecule has 1 atom stereocenters. The molecule has 0 radical (unpaired) electrons. The molecule has 0 aliphatic rings. The molecule has 0 aromatic carbocycles. The van der Waals surface area contributed by atoms with Crippen LogP contribution in [-0.2, 0) is 16.5 Å². The molecular formula is C7H12N2O2S. The molecule has 0 aliphatic heterocycles. The molecule has 4 nitrogen and oxygen atoms in total. The van der Waals surface area contributed by atoms with E-state index in [0.29, 0.717) is 6.54 Å². The van der Waals surface area contributed by atoms with Crippen LogP contribution < -0.4 is 4.72 Å². The van der Waals surface area contributed by atoms with Gasteiger partial charge in [0.05, 0.1) is 12.8 Å². The van der Waals surface area contributed by atoms with E-state index in [1.165, 1.54) is 6.26 Å². The molecule has 1 heterocycles. The number of nitrogens with one attached hydrogen (secondary N) is 2. The van der Waals surface area contributed by atoms with Crippen LogP contribution >= 0.6 is 0 Å². The lowest BCUT2D eigenvalue weighted by atomic mass is 10.3. The Bertz CT molecular complexity index is 353. The highest BCUT2D eigenvalue weighted by Gasteiger charge is 2.03. The highest BCUT2D eigenvalue weighted by atomic mass is 32.2. The minimum Gasteiger partial charge on any atom is -0.468 e. The van der Waals surface area contributed by atoms with Gasteiger partial charge < -0.3 is 4.42 Å². The normalized spacial score (nSPS) is 15.8. The summed E-state index contributed by atoms with van der Waals surface area (Å²) in [6.07, 6.45) is 2.92. The van der Waals surface area contributed by atoms with Crippen LogP contribution in [0.1, 0.15) is 11.3 Å². The molecule has 0 aliphatic carbocycles. The van der Waals surface area contributed by atoms with Gasteiger partial charge in [-0.1, -0.05) is 0 Å². The summed E-state index contributed by atoms with van der Waals surface area (Å²) in [5.74, 6) is 0.733. The Labute approximate surface area is 72.1 Å². The predicted octanol–water partition coefficient (Wildman–Crippen LogP) is 1.27. The lowest BCUT2D eigenvalue weighted by Gasteiger charge is -2.01. The van der Waals surface area contributed by atoms with Gasteiger partial charge in [0.15, 0.2) is 0 Å². The first kappa shape index (κ1) is 9.28. The van der Waals surface area contributed by atoms with Crippen molar-refractivity contribution in [3.63, 3.8) is 0 Å². The molecule has 1 aromatic rings. The van der Waals surface area contributed by atoms with E-state index in [-0.39, 0.29) is 0 Å². The fourth-order valence-corrected chi connectivity index (χ4v) is 1.19. The summed E-state index contributed by atoms with van der Waals surface area (Å²) < 4.78 is 25.6. The lowest BCUT2D eigenvalue weighted by molar-refractivity contribution is 0.501. The summed E-state index contributed by atoms with van der Waals surface area (Å²) in [6.45, 7) is 2.25. The van der Waals surface area contributed by atoms with Gasteiger partial charge in [0.25, 0.3) is 0 Å². The zero-order valence-corrected chi connectivity index (χ0v) is 7.90. The van der Waals surface area contributed by atoms with Gasteiger partial charge in [-0.25, -0.2) is 13.7 Å². The summed E-state index contributed by atoms with van der Waals surface area (Å²) in [4.78, 5) is 0. The quantitative estimate of drug-likeness (QED) is 0.750. The SMILES string of the molecule is Cc1ccoc1CNS(C)(=N)=O. The van der Waals surface area contributed by atoms with Crippen molar-refractivity contribution in [3.05, 3.63) is 23.7 Å². The summed E-state index contributed by atoms with van der Waals surface area (Å²) >= 11 is 0. The van der Waals surface area contributed by atoms with Gasteiger partial charge in [-0.2, -0.15) is 0 Å². The second kappa shape index (κ2) is 3.28. The molecule has 0 saturated carbocycles. The third kappa shape index (κ3) is 2.67. The Morgan fingerprint density at radius 2 is 2.42 bits per heavy atom. The molecule has 68 valence electrons. The standard InChI is InChI=1S/C7H12N2O2S/c1-6-3-4-11-7(6)5-9-12(2,8)10/h3-4H,5H2,1-2H3,(H2,8,9,10). The summed E-state index contributed by atoms with van der Waals surface area (Å²) in [7, 11) is -2.63. The fourth-order valence-electron chi connectivity index (χ4n) is 0.788. The van der Waals surface area contributed by atoms with E-state index in [9.17, 15) is 4.21 Å². The second-order valence-electron chi connectivity index (χ2n) is 2.69. The average molecular weight is 188 g/mol. The van der Waals surface area contributed by atoms with Crippen molar-refractivity contribution in [2.75, 3.05) is 6.26 Å². The van der Waals surface area contributed by atoms with Crippen LogP contribution in [0.2, 0.25) is 0 Å². The Kier molecular flexibility index (Phi) is 2.54. The smallest absolute Gasteiger partial charge is 0.121 e. The third-order valence-electron chi connectivity index (χ3n) is 1.48. The van der Waals surface area contributed by atoms with Crippen molar-refractivity contribution in [2.45, 2.75) is 13.5 Å². The zero-order valence-electron chi connectivity index (χ0n) is 7.09. The van der Waals surface area contributed by atoms with E-state index >= 15 is 0 Å². The van der Waals surface area contributed by atoms with Crippen molar-refractivity contribution in [1.82, 2.24) is 4.72 Å². The first-order valence-corrected chi connectivity index (χ1v) is 5.47. The maximum Gasteiger partial charge on any atom is 0.121 e. The number of furan rings is 1. The molecule has 5 heteroatoms. The van der Waals surface area contributed by atoms with E-state index < -0.39 is 9.92 Å². The van der Waals surface area contributed by atoms with Gasteiger partial charge in [-0.05, 0) is 18.6 Å². The van der Waals surface area contributed by atoms with Crippen molar-refractivity contribution in [2.24, 2.45) is 0 Å². The molecule has 1 aromatic heterocycles. The first-order chi connectivity index (χ1) is 5.49. The van der Waals surface area contributed by atoms with Crippen LogP contribution in [0.25, 0.3) is 0 Å². The molecule has 1 unspecified atom stereocenters. The van der Waals surface area contributed by atoms with Crippen molar-refractivity contribution < 1.29 is 8.63 Å². The lowest BCUT2D eigenvalue weighted by Crippen LogP contribution is -2.19. The number of hydrogen-bond acceptors (Lipinski definition) is 3. The van der Waals surface area contributed by atoms with Crippen molar-refractivity contribution in [3.8, 4) is 0 Å². The Morgan fingerprint density at radius 3 is 2.83 bits per heavy atom. The van der Waals surface area contributed by atoms with Crippen LogP contribution in [0.5, 0.6) is 0 Å². The third-order valence-corrected chi connectivity index (χ3v) is 2.17. The van der Waals surface area contributed by atoms with Crippen molar-refractivity contribution >= 4 is 9.92 Å². The summed E-state index contributed by atoms with van der Waals surface area (Å²) in [5.41, 5.74) is 1.01. The number of aryl methyl sites for hydroxylation is 1. The molecular weight excluding hydrogens is 176 g/mol. The van der Waals surface area contributed by atoms with E-state index in [1.54, 1.807) is 6.26 Å². The van der Waals surface area contributed by atoms with E-state index in [1.807, 2.05) is 13.0 Å². The molecule has 1 rings (SSSR count). The van der Waals surface area contributed by atoms with Gasteiger partial charge in [0, 0.05) is 6.26 Å². The fraction of sp³-hybridized carbons (Fsp3) is 0.429. The average Bonchev–Trinajstić information content (AvgIpc) is 2.29. The van der Waals surface area contributed by atoms with Crippen LogP contribution in [0.4, 0.5) is 0 Å². The molecule has 0 amide bonds. The maximum atomic E-state index is 10.9. The maximum absolute atomic E-state index is 10.9. The predicted molar refractivity (Wildman–Crippen MR) is 47.1 cm³/mol. The van der Waals surface area contributed by atoms with Crippen LogP contribution in [0, 0.1) is 11.7 Å². The van der Waals surface area contributed by atoms with Crippen molar-refractivity contribution in [1.29, 1.82) is 4.78 Å². The van der Waals surface area contributed by atoms with Crippen LogP contribution in [-0.4, -0.2) is 10.5 Å². The zero-order chi connectivity index (χ0) is 9.19. The Hall–Kier alpha value is -0.810. The van der Waals surface area contributed by atoms with Gasteiger partial charge >= 0.3 is 0 Å². The van der Waals surface area contributed by atoms with Gasteiger partial charge in [0.1, 0.15) is 15.7 Å². The Morgan fingerprint density at radius 1 is 1.75 bits per heavy atom. The summed E-state index contributed by atoms with van der Waals surface area (Å²) in [5, 5.41) is 0. The molecule has 0 saturated heterocycles. The highest BCUT2D eigenvalue weighted by molar-refractivity contribution is 7.89. The minimum absolute atomic E-state index is 0.345. The Balaban J connectivity index is 2.61. The first-order valence-electron chi connectivity index (χ1n) is 3.50. The second-order valence-corrected chi connectivity index (χ2v) is 4.67. The largest absolute Gasteiger partial charge is 0.468 e. The molecule has 2 N–H and O–H groups in total. The van der Waals surface area contributed by atoms with Crippen LogP contribution in [0.15, 0.2) is 16.7 Å². The van der Waals surface area contributed by atoms with Gasteiger partial charge in [-0.3, -0.25) is 0 Å². The minimum atomic E-state index is -2.63. The highest BCUT2D eigenvalue weighted by Crippen LogP contribution is 2.07. The van der Waals surface area contributed by atoms with Gasteiger partial charge in [-0.15, -0.1) is 0 Å². The van der Waals surface area contributed by atoms with E-state index in [2.05, 4.69) is 4.72 Å². The molecule has 0 bridgehead atoms. The molecule has 12 heavy (non-hydrogen) atoms. The van der Waals surface area contributed by atoms with E-state index in [0.717, 1.165) is 11.3 Å². The van der Waals surface area contributed by atoms with E-state index in [4.69, 9.17) is 9.20 Å². The molecule has 0 fully saturated rings.